The zero-order chi connectivity index (χ0) is 13.6. The van der Waals surface area contributed by atoms with Crippen molar-refractivity contribution in [2.45, 2.75) is 25.3 Å². The molecule has 1 aromatic heterocycles. The Morgan fingerprint density at radius 1 is 1.53 bits per heavy atom. The minimum absolute atomic E-state index is 0.0131. The second kappa shape index (κ2) is 4.20. The van der Waals surface area contributed by atoms with E-state index in [1.165, 1.54) is 11.1 Å². The van der Waals surface area contributed by atoms with Crippen LogP contribution >= 0.6 is 0 Å². The number of hydrogen-bond acceptors (Lipinski definition) is 2. The molecule has 2 bridgehead atoms. The van der Waals surface area contributed by atoms with Crippen molar-refractivity contribution in [1.82, 2.24) is 10.3 Å². The van der Waals surface area contributed by atoms with Crippen LogP contribution in [0.1, 0.15) is 24.6 Å². The number of nitrogens with one attached hydrogen (secondary N) is 2. The Bertz CT molecular complexity index is 613. The Hall–Kier alpha value is -1.61. The fourth-order valence-corrected chi connectivity index (χ4v) is 4.01. The number of fused-ring (bicyclic) bond motifs is 4. The summed E-state index contributed by atoms with van der Waals surface area (Å²) in [6.07, 6.45) is 6.27. The second-order valence-corrected chi connectivity index (χ2v) is 5.76. The van der Waals surface area contributed by atoms with Gasteiger partial charge in [-0.3, -0.25) is 4.79 Å². The SMILES string of the molecule is C=CC1[C@H]2C=C(C)C[C@]1(NC)c1ccc(=O)[nH]c1C2. The van der Waals surface area contributed by atoms with Crippen molar-refractivity contribution in [3.63, 3.8) is 0 Å². The van der Waals surface area contributed by atoms with Gasteiger partial charge >= 0.3 is 0 Å². The first-order valence-corrected chi connectivity index (χ1v) is 6.82. The van der Waals surface area contributed by atoms with Gasteiger partial charge in [0.1, 0.15) is 0 Å². The van der Waals surface area contributed by atoms with Crippen molar-refractivity contribution in [1.29, 1.82) is 0 Å². The predicted molar refractivity (Wildman–Crippen MR) is 77.1 cm³/mol. The van der Waals surface area contributed by atoms with E-state index in [1.54, 1.807) is 6.07 Å². The lowest BCUT2D eigenvalue weighted by molar-refractivity contribution is 0.178. The van der Waals surface area contributed by atoms with Gasteiger partial charge in [0.05, 0.1) is 5.54 Å². The molecule has 3 heteroatoms. The normalized spacial score (nSPS) is 32.4. The maximum absolute atomic E-state index is 11.6. The highest BCUT2D eigenvalue weighted by Gasteiger charge is 2.48. The van der Waals surface area contributed by atoms with Gasteiger partial charge in [-0.25, -0.2) is 0 Å². The minimum atomic E-state index is -0.122. The number of hydrogen-bond donors (Lipinski definition) is 2. The third-order valence-corrected chi connectivity index (χ3v) is 4.71. The van der Waals surface area contributed by atoms with E-state index in [2.05, 4.69) is 36.0 Å². The van der Waals surface area contributed by atoms with E-state index < -0.39 is 0 Å². The van der Waals surface area contributed by atoms with Crippen molar-refractivity contribution in [2.24, 2.45) is 11.8 Å². The Morgan fingerprint density at radius 3 is 3.00 bits per heavy atom. The van der Waals surface area contributed by atoms with Crippen LogP contribution in [-0.2, 0) is 12.0 Å². The lowest BCUT2D eigenvalue weighted by Gasteiger charge is -2.50. The summed E-state index contributed by atoms with van der Waals surface area (Å²) in [4.78, 5) is 14.6. The van der Waals surface area contributed by atoms with Gasteiger partial charge in [0.25, 0.3) is 0 Å². The Kier molecular flexibility index (Phi) is 2.75. The average Bonchev–Trinajstić information content (AvgIpc) is 2.37. The molecule has 0 spiro atoms. The largest absolute Gasteiger partial charge is 0.326 e. The molecule has 0 radical (unpaired) electrons. The van der Waals surface area contributed by atoms with Crippen LogP contribution in [-0.4, -0.2) is 12.0 Å². The highest BCUT2D eigenvalue weighted by atomic mass is 16.1. The van der Waals surface area contributed by atoms with Gasteiger partial charge in [0.15, 0.2) is 0 Å². The summed E-state index contributed by atoms with van der Waals surface area (Å²) in [6.45, 7) is 6.22. The molecule has 19 heavy (non-hydrogen) atoms. The molecule has 100 valence electrons. The zero-order valence-electron chi connectivity index (χ0n) is 11.5. The van der Waals surface area contributed by atoms with Gasteiger partial charge in [-0.05, 0) is 44.4 Å². The molecule has 1 heterocycles. The zero-order valence-corrected chi connectivity index (χ0v) is 11.5. The molecule has 0 aliphatic heterocycles. The molecule has 3 rings (SSSR count). The molecule has 2 aliphatic rings. The van der Waals surface area contributed by atoms with Crippen LogP contribution in [0.25, 0.3) is 0 Å². The molecule has 2 N–H and O–H groups in total. The third-order valence-electron chi connectivity index (χ3n) is 4.71. The molecule has 0 aromatic carbocycles. The van der Waals surface area contributed by atoms with E-state index >= 15 is 0 Å². The van der Waals surface area contributed by atoms with Crippen LogP contribution in [0.15, 0.2) is 41.2 Å². The number of rotatable bonds is 2. The van der Waals surface area contributed by atoms with Gasteiger partial charge < -0.3 is 10.3 Å². The predicted octanol–water partition coefficient (Wildman–Crippen LogP) is 2.11. The first-order chi connectivity index (χ1) is 9.10. The molecule has 3 atom stereocenters. The van der Waals surface area contributed by atoms with E-state index in [0.29, 0.717) is 11.8 Å². The van der Waals surface area contributed by atoms with Crippen LogP contribution in [0.4, 0.5) is 0 Å². The summed E-state index contributed by atoms with van der Waals surface area (Å²) in [7, 11) is 2.01. The van der Waals surface area contributed by atoms with Crippen molar-refractivity contribution < 1.29 is 0 Å². The topological polar surface area (TPSA) is 44.9 Å². The molecule has 0 saturated carbocycles. The number of H-pyrrole nitrogens is 1. The summed E-state index contributed by atoms with van der Waals surface area (Å²) < 4.78 is 0. The number of pyridine rings is 1. The molecule has 0 amide bonds. The van der Waals surface area contributed by atoms with Gasteiger partial charge in [-0.2, -0.15) is 0 Å². The molecular formula is C16H20N2O. The van der Waals surface area contributed by atoms with E-state index in [9.17, 15) is 4.79 Å². The van der Waals surface area contributed by atoms with Crippen LogP contribution in [0, 0.1) is 11.8 Å². The summed E-state index contributed by atoms with van der Waals surface area (Å²) in [5.41, 5.74) is 3.58. The van der Waals surface area contributed by atoms with E-state index in [1.807, 2.05) is 13.1 Å². The summed E-state index contributed by atoms with van der Waals surface area (Å²) >= 11 is 0. The van der Waals surface area contributed by atoms with E-state index in [4.69, 9.17) is 0 Å². The maximum atomic E-state index is 11.6. The third kappa shape index (κ3) is 1.65. The van der Waals surface area contributed by atoms with Gasteiger partial charge in [-0.1, -0.05) is 17.7 Å². The number of aromatic nitrogens is 1. The molecule has 1 unspecified atom stereocenters. The monoisotopic (exact) mass is 256 g/mol. The first-order valence-electron chi connectivity index (χ1n) is 6.82. The first kappa shape index (κ1) is 12.4. The van der Waals surface area contributed by atoms with Crippen LogP contribution in [0.3, 0.4) is 0 Å². The lowest BCUT2D eigenvalue weighted by atomic mass is 9.59. The Balaban J connectivity index is 2.27. The van der Waals surface area contributed by atoms with Gasteiger partial charge in [0, 0.05) is 17.7 Å². The fraction of sp³-hybridized carbons (Fsp3) is 0.438. The molecule has 1 aromatic rings. The minimum Gasteiger partial charge on any atom is -0.326 e. The van der Waals surface area contributed by atoms with E-state index in [-0.39, 0.29) is 11.1 Å². The van der Waals surface area contributed by atoms with Crippen LogP contribution in [0.2, 0.25) is 0 Å². The summed E-state index contributed by atoms with van der Waals surface area (Å²) in [6, 6.07) is 3.61. The van der Waals surface area contributed by atoms with Crippen molar-refractivity contribution in [3.05, 3.63) is 58.0 Å². The maximum Gasteiger partial charge on any atom is 0.248 e. The Morgan fingerprint density at radius 2 is 2.32 bits per heavy atom. The second-order valence-electron chi connectivity index (χ2n) is 5.76. The highest BCUT2D eigenvalue weighted by molar-refractivity contribution is 5.40. The van der Waals surface area contributed by atoms with Crippen molar-refractivity contribution in [2.75, 3.05) is 7.05 Å². The van der Waals surface area contributed by atoms with Crippen molar-refractivity contribution >= 4 is 0 Å². The van der Waals surface area contributed by atoms with Crippen LogP contribution < -0.4 is 10.9 Å². The van der Waals surface area contributed by atoms with Crippen LogP contribution in [0.5, 0.6) is 0 Å². The lowest BCUT2D eigenvalue weighted by Crippen LogP contribution is -2.54. The van der Waals surface area contributed by atoms with E-state index in [0.717, 1.165) is 18.5 Å². The molecule has 0 fully saturated rings. The fourth-order valence-electron chi connectivity index (χ4n) is 4.01. The summed E-state index contributed by atoms with van der Waals surface area (Å²) in [5.74, 6) is 0.795. The highest BCUT2D eigenvalue weighted by Crippen LogP contribution is 2.49. The van der Waals surface area contributed by atoms with Crippen molar-refractivity contribution in [3.8, 4) is 0 Å². The number of allylic oxidation sites excluding steroid dienone is 1. The summed E-state index contributed by atoms with van der Waals surface area (Å²) in [5, 5.41) is 3.52. The quantitative estimate of drug-likeness (QED) is 0.796. The van der Waals surface area contributed by atoms with Gasteiger partial charge in [-0.15, -0.1) is 6.58 Å². The molecule has 0 saturated heterocycles. The molecule has 3 nitrogen and oxygen atoms in total. The molecule has 2 aliphatic carbocycles. The number of aromatic amines is 1. The average molecular weight is 256 g/mol. The standard InChI is InChI=1S/C16H20N2O/c1-4-12-11-7-10(2)9-16(12,17-3)13-5-6-15(19)18-14(13)8-11/h4-7,11-12,17H,1,8-9H2,2-3H3,(H,18,19)/t11-,12?,16+/m0/s1. The smallest absolute Gasteiger partial charge is 0.248 e. The Labute approximate surface area is 113 Å². The van der Waals surface area contributed by atoms with Gasteiger partial charge in [0.2, 0.25) is 5.56 Å². The molecular weight excluding hydrogens is 236 g/mol.